The van der Waals surface area contributed by atoms with Crippen LogP contribution in [-0.2, 0) is 22.9 Å². The summed E-state index contributed by atoms with van der Waals surface area (Å²) in [6.07, 6.45) is 3.56. The Morgan fingerprint density at radius 2 is 1.82 bits per heavy atom. The Balaban J connectivity index is 1.67. The number of hydrogen-bond acceptors (Lipinski definition) is 3. The molecule has 3 aromatic rings. The number of rotatable bonds is 5. The minimum Gasteiger partial charge on any atom is -0.264 e. The van der Waals surface area contributed by atoms with Crippen LogP contribution in [0.15, 0.2) is 60.7 Å². The highest BCUT2D eigenvalue weighted by Crippen LogP contribution is 2.30. The lowest BCUT2D eigenvalue weighted by atomic mass is 9.91. The van der Waals surface area contributed by atoms with E-state index >= 15 is 0 Å². The van der Waals surface area contributed by atoms with Gasteiger partial charge in [0.25, 0.3) is 0 Å². The molecule has 2 unspecified atom stereocenters. The molecule has 0 aliphatic carbocycles. The predicted molar refractivity (Wildman–Crippen MR) is 112 cm³/mol. The number of aromatic nitrogens is 2. The Kier molecular flexibility index (Phi) is 5.08. The third-order valence-electron chi connectivity index (χ3n) is 5.27. The fourth-order valence-corrected chi connectivity index (χ4v) is 4.93. The molecule has 2 atom stereocenters. The normalized spacial score (nSPS) is 19.4. The molecule has 0 bridgehead atoms. The fraction of sp³-hybridized carbons (Fsp3) is 0.318. The molecule has 2 heterocycles. The van der Waals surface area contributed by atoms with E-state index < -0.39 is 10.0 Å². The zero-order valence-electron chi connectivity index (χ0n) is 16.2. The molecule has 146 valence electrons. The average molecular weight is 396 g/mol. The van der Waals surface area contributed by atoms with E-state index in [0.717, 1.165) is 25.0 Å². The van der Waals surface area contributed by atoms with Crippen molar-refractivity contribution in [3.63, 3.8) is 0 Å². The van der Waals surface area contributed by atoms with Gasteiger partial charge in [-0.15, -0.1) is 0 Å². The predicted octanol–water partition coefficient (Wildman–Crippen LogP) is 3.51. The lowest BCUT2D eigenvalue weighted by Gasteiger charge is -2.33. The summed E-state index contributed by atoms with van der Waals surface area (Å²) in [7, 11) is -3.29. The number of sulfonamides is 1. The van der Waals surface area contributed by atoms with Crippen LogP contribution in [0.1, 0.15) is 29.4 Å². The van der Waals surface area contributed by atoms with Crippen molar-refractivity contribution in [2.75, 3.05) is 6.26 Å². The van der Waals surface area contributed by atoms with Crippen molar-refractivity contribution < 1.29 is 8.42 Å². The summed E-state index contributed by atoms with van der Waals surface area (Å²) >= 11 is 0. The monoisotopic (exact) mass is 395 g/mol. The first-order chi connectivity index (χ1) is 13.4. The van der Waals surface area contributed by atoms with Gasteiger partial charge in [0.15, 0.2) is 0 Å². The van der Waals surface area contributed by atoms with Crippen LogP contribution < -0.4 is 4.72 Å². The molecule has 1 aliphatic rings. The zero-order chi connectivity index (χ0) is 19.7. The van der Waals surface area contributed by atoms with Gasteiger partial charge in [-0.3, -0.25) is 4.68 Å². The van der Waals surface area contributed by atoms with Gasteiger partial charge in [-0.05, 0) is 48.9 Å². The maximum atomic E-state index is 11.9. The summed E-state index contributed by atoms with van der Waals surface area (Å²) in [5.74, 6) is 0. The van der Waals surface area contributed by atoms with E-state index in [1.54, 1.807) is 0 Å². The highest BCUT2D eigenvalue weighted by atomic mass is 32.2. The Labute approximate surface area is 166 Å². The number of fused-ring (bicyclic) bond motifs is 1. The lowest BCUT2D eigenvalue weighted by Crippen LogP contribution is -2.45. The van der Waals surface area contributed by atoms with Crippen LogP contribution in [0.2, 0.25) is 0 Å². The lowest BCUT2D eigenvalue weighted by molar-refractivity contribution is 0.299. The van der Waals surface area contributed by atoms with Crippen LogP contribution in [0.5, 0.6) is 0 Å². The second kappa shape index (κ2) is 7.53. The van der Waals surface area contributed by atoms with Crippen LogP contribution in [0, 0.1) is 6.92 Å². The quantitative estimate of drug-likeness (QED) is 0.719. The van der Waals surface area contributed by atoms with Gasteiger partial charge in [0.05, 0.1) is 18.0 Å². The minimum atomic E-state index is -3.29. The first-order valence-electron chi connectivity index (χ1n) is 9.56. The smallest absolute Gasteiger partial charge is 0.209 e. The van der Waals surface area contributed by atoms with Gasteiger partial charge >= 0.3 is 0 Å². The van der Waals surface area contributed by atoms with E-state index in [1.807, 2.05) is 29.8 Å². The van der Waals surface area contributed by atoms with E-state index in [2.05, 4.69) is 52.3 Å². The topological polar surface area (TPSA) is 64.0 Å². The number of aryl methyl sites for hydroxylation is 2. The molecule has 0 saturated heterocycles. The van der Waals surface area contributed by atoms with Crippen LogP contribution in [0.25, 0.3) is 11.1 Å². The first kappa shape index (κ1) is 18.9. The van der Waals surface area contributed by atoms with Crippen LogP contribution in [0.4, 0.5) is 0 Å². The Morgan fingerprint density at radius 3 is 2.57 bits per heavy atom. The maximum Gasteiger partial charge on any atom is 0.209 e. The van der Waals surface area contributed by atoms with Crippen molar-refractivity contribution in [2.45, 2.75) is 38.3 Å². The molecular weight excluding hydrogens is 370 g/mol. The molecule has 6 heteroatoms. The van der Waals surface area contributed by atoms with Gasteiger partial charge in [0.1, 0.15) is 0 Å². The molecular formula is C22H25N3O2S. The van der Waals surface area contributed by atoms with E-state index in [9.17, 15) is 8.42 Å². The van der Waals surface area contributed by atoms with Crippen LogP contribution >= 0.6 is 0 Å². The number of nitrogens with zero attached hydrogens (tertiary/aromatic N) is 2. The van der Waals surface area contributed by atoms with Crippen molar-refractivity contribution in [3.05, 3.63) is 77.6 Å². The Morgan fingerprint density at radius 1 is 1.07 bits per heavy atom. The molecule has 1 aromatic heterocycles. The van der Waals surface area contributed by atoms with E-state index in [-0.39, 0.29) is 12.1 Å². The highest BCUT2D eigenvalue weighted by molar-refractivity contribution is 7.88. The Hall–Kier alpha value is -2.44. The number of nitrogens with one attached hydrogen (secondary N) is 1. The van der Waals surface area contributed by atoms with Gasteiger partial charge in [0.2, 0.25) is 10.0 Å². The third kappa shape index (κ3) is 4.18. The zero-order valence-corrected chi connectivity index (χ0v) is 17.0. The largest absolute Gasteiger partial charge is 0.264 e. The SMILES string of the molecule is Cc1cc2n(n1)C(Cc1cccc(-c3ccccc3)c1)C(NS(C)(=O)=O)CC2. The van der Waals surface area contributed by atoms with Gasteiger partial charge in [0, 0.05) is 11.7 Å². The molecule has 0 saturated carbocycles. The summed E-state index contributed by atoms with van der Waals surface area (Å²) in [5, 5.41) is 4.67. The summed E-state index contributed by atoms with van der Waals surface area (Å²) in [5.41, 5.74) is 5.66. The van der Waals surface area contributed by atoms with Gasteiger partial charge < -0.3 is 0 Å². The second-order valence-corrected chi connectivity index (χ2v) is 9.37. The average Bonchev–Trinajstić information content (AvgIpc) is 3.04. The summed E-state index contributed by atoms with van der Waals surface area (Å²) < 4.78 is 28.7. The van der Waals surface area contributed by atoms with Gasteiger partial charge in [-0.1, -0.05) is 54.6 Å². The minimum absolute atomic E-state index is 0.0433. The van der Waals surface area contributed by atoms with E-state index in [0.29, 0.717) is 0 Å². The molecule has 4 rings (SSSR count). The summed E-state index contributed by atoms with van der Waals surface area (Å²) in [4.78, 5) is 0. The molecule has 28 heavy (non-hydrogen) atoms. The van der Waals surface area contributed by atoms with Crippen molar-refractivity contribution in [2.24, 2.45) is 0 Å². The van der Waals surface area contributed by atoms with E-state index in [1.165, 1.54) is 28.6 Å². The molecule has 0 radical (unpaired) electrons. The molecule has 1 aliphatic heterocycles. The molecule has 5 nitrogen and oxygen atoms in total. The summed E-state index contributed by atoms with van der Waals surface area (Å²) in [6.45, 7) is 1.98. The standard InChI is InChI=1S/C22H25N3O2S/c1-16-13-20-11-12-21(24-28(2,26)27)22(25(20)23-16)15-17-7-6-10-19(14-17)18-8-4-3-5-9-18/h3-10,13-14,21-22,24H,11-12,15H2,1-2H3. The third-order valence-corrected chi connectivity index (χ3v) is 6.00. The highest BCUT2D eigenvalue weighted by Gasteiger charge is 2.32. The van der Waals surface area contributed by atoms with Gasteiger partial charge in [-0.25, -0.2) is 13.1 Å². The molecule has 2 aromatic carbocycles. The first-order valence-corrected chi connectivity index (χ1v) is 11.4. The Bertz CT molecular complexity index is 1070. The second-order valence-electron chi connectivity index (χ2n) is 7.59. The molecule has 0 spiro atoms. The van der Waals surface area contributed by atoms with Crippen LogP contribution in [0.3, 0.4) is 0 Å². The van der Waals surface area contributed by atoms with Crippen molar-refractivity contribution in [1.82, 2.24) is 14.5 Å². The summed E-state index contributed by atoms with van der Waals surface area (Å²) in [6, 6.07) is 20.6. The number of hydrogen-bond donors (Lipinski definition) is 1. The van der Waals surface area contributed by atoms with Crippen molar-refractivity contribution in [1.29, 1.82) is 0 Å². The number of benzene rings is 2. The van der Waals surface area contributed by atoms with E-state index in [4.69, 9.17) is 0 Å². The maximum absolute atomic E-state index is 11.9. The van der Waals surface area contributed by atoms with Gasteiger partial charge in [-0.2, -0.15) is 5.10 Å². The fourth-order valence-electron chi connectivity index (χ4n) is 4.10. The van der Waals surface area contributed by atoms with Crippen LogP contribution in [-0.4, -0.2) is 30.5 Å². The molecule has 0 fully saturated rings. The molecule has 0 amide bonds. The van der Waals surface area contributed by atoms with Crippen molar-refractivity contribution >= 4 is 10.0 Å². The van der Waals surface area contributed by atoms with Crippen molar-refractivity contribution in [3.8, 4) is 11.1 Å². The molecule has 1 N–H and O–H groups in total.